The number of sulfonamides is 1. The van der Waals surface area contributed by atoms with Gasteiger partial charge in [0.2, 0.25) is 15.9 Å². The minimum Gasteiger partial charge on any atom is -0.326 e. The highest BCUT2D eigenvalue weighted by molar-refractivity contribution is 7.89. The van der Waals surface area contributed by atoms with E-state index in [1.165, 1.54) is 11.2 Å². The first-order valence-electron chi connectivity index (χ1n) is 7.98. The maximum atomic E-state index is 12.8. The minimum atomic E-state index is -3.51. The van der Waals surface area contributed by atoms with Crippen molar-refractivity contribution in [2.45, 2.75) is 55.6 Å². The van der Waals surface area contributed by atoms with E-state index in [-0.39, 0.29) is 29.3 Å². The Labute approximate surface area is 149 Å². The number of hydrogen-bond acceptors (Lipinski definition) is 4. The van der Waals surface area contributed by atoms with E-state index >= 15 is 0 Å². The van der Waals surface area contributed by atoms with E-state index < -0.39 is 10.0 Å². The lowest BCUT2D eigenvalue weighted by atomic mass is 10.0. The largest absolute Gasteiger partial charge is 0.326 e. The molecule has 3 rings (SSSR count). The third-order valence-corrected chi connectivity index (χ3v) is 6.74. The summed E-state index contributed by atoms with van der Waals surface area (Å²) in [6, 6.07) is 7.27. The predicted octanol–water partition coefficient (Wildman–Crippen LogP) is 1.97. The summed E-state index contributed by atoms with van der Waals surface area (Å²) in [4.78, 5) is 11.3. The van der Waals surface area contributed by atoms with Crippen LogP contribution in [0.1, 0.15) is 32.6 Å². The van der Waals surface area contributed by atoms with Crippen molar-refractivity contribution in [3.63, 3.8) is 0 Å². The van der Waals surface area contributed by atoms with Crippen molar-refractivity contribution < 1.29 is 13.2 Å². The van der Waals surface area contributed by atoms with Crippen molar-refractivity contribution in [2.24, 2.45) is 0 Å². The van der Waals surface area contributed by atoms with Crippen LogP contribution >= 0.6 is 12.4 Å². The molecule has 1 aromatic carbocycles. The van der Waals surface area contributed by atoms with Crippen LogP contribution in [0.25, 0.3) is 0 Å². The number of nitrogens with one attached hydrogen (secondary N) is 2. The van der Waals surface area contributed by atoms with Crippen molar-refractivity contribution in [3.8, 4) is 0 Å². The Morgan fingerprint density at radius 1 is 1.17 bits per heavy atom. The highest BCUT2D eigenvalue weighted by Gasteiger charge is 2.38. The number of hydrogen-bond donors (Lipinski definition) is 2. The number of anilines is 1. The standard InChI is InChI=1S/C16H23N3O3S.ClH/c1-11(20)17-12-5-7-16(8-6-12)23(21,22)19(2)15-9-13-3-4-14(10-15)18-13;/h5-8,13-15,18H,3-4,9-10H2,1-2H3,(H,17,20);1H. The van der Waals surface area contributed by atoms with Crippen LogP contribution in [0, 0.1) is 0 Å². The quantitative estimate of drug-likeness (QED) is 0.845. The summed E-state index contributed by atoms with van der Waals surface area (Å²) < 4.78 is 27.2. The normalized spacial score (nSPS) is 26.0. The number of carbonyl (C=O) groups is 1. The molecule has 2 atom stereocenters. The molecule has 8 heteroatoms. The molecule has 1 aromatic rings. The second-order valence-electron chi connectivity index (χ2n) is 6.49. The lowest BCUT2D eigenvalue weighted by molar-refractivity contribution is -0.114. The van der Waals surface area contributed by atoms with E-state index in [1.54, 1.807) is 31.3 Å². The minimum absolute atomic E-state index is 0. The van der Waals surface area contributed by atoms with E-state index in [9.17, 15) is 13.2 Å². The summed E-state index contributed by atoms with van der Waals surface area (Å²) in [6.45, 7) is 1.42. The van der Waals surface area contributed by atoms with Gasteiger partial charge in [0.05, 0.1) is 4.90 Å². The molecule has 2 N–H and O–H groups in total. The Kier molecular flexibility index (Phi) is 5.91. The molecule has 2 heterocycles. The number of amides is 1. The van der Waals surface area contributed by atoms with E-state index in [0.717, 1.165) is 25.7 Å². The second kappa shape index (κ2) is 7.39. The Morgan fingerprint density at radius 3 is 2.21 bits per heavy atom. The molecule has 2 fully saturated rings. The molecule has 0 aromatic heterocycles. The van der Waals surface area contributed by atoms with Crippen molar-refractivity contribution in [1.29, 1.82) is 0 Å². The monoisotopic (exact) mass is 373 g/mol. The zero-order chi connectivity index (χ0) is 16.6. The SMILES string of the molecule is CC(=O)Nc1ccc(S(=O)(=O)N(C)C2CC3CCC(C2)N3)cc1.Cl. The number of halogens is 1. The van der Waals surface area contributed by atoms with Crippen molar-refractivity contribution in [1.82, 2.24) is 9.62 Å². The molecule has 1 amide bonds. The van der Waals surface area contributed by atoms with E-state index in [4.69, 9.17) is 0 Å². The first-order chi connectivity index (χ1) is 10.9. The van der Waals surface area contributed by atoms with Gasteiger partial charge < -0.3 is 10.6 Å². The lowest BCUT2D eigenvalue weighted by Crippen LogP contribution is -2.48. The van der Waals surface area contributed by atoms with Crippen LogP contribution in [0.2, 0.25) is 0 Å². The van der Waals surface area contributed by atoms with Crippen molar-refractivity contribution in [2.75, 3.05) is 12.4 Å². The summed E-state index contributed by atoms with van der Waals surface area (Å²) in [6.07, 6.45) is 4.02. The molecule has 0 spiro atoms. The molecule has 0 aliphatic carbocycles. The zero-order valence-corrected chi connectivity index (χ0v) is 15.5. The fraction of sp³-hybridized carbons (Fsp3) is 0.562. The average Bonchev–Trinajstić information content (AvgIpc) is 2.84. The van der Waals surface area contributed by atoms with E-state index in [0.29, 0.717) is 17.8 Å². The van der Waals surface area contributed by atoms with Gasteiger partial charge in [-0.05, 0) is 49.9 Å². The maximum absolute atomic E-state index is 12.8. The maximum Gasteiger partial charge on any atom is 0.243 e. The number of carbonyl (C=O) groups excluding carboxylic acids is 1. The van der Waals surface area contributed by atoms with Crippen LogP contribution in [-0.4, -0.2) is 43.8 Å². The van der Waals surface area contributed by atoms with Gasteiger partial charge in [0.25, 0.3) is 0 Å². The molecule has 2 aliphatic heterocycles. The Hall–Kier alpha value is -1.15. The molecular weight excluding hydrogens is 350 g/mol. The predicted molar refractivity (Wildman–Crippen MR) is 95.9 cm³/mol. The highest BCUT2D eigenvalue weighted by atomic mass is 35.5. The van der Waals surface area contributed by atoms with E-state index in [1.807, 2.05) is 0 Å². The van der Waals surface area contributed by atoms with Gasteiger partial charge in [-0.25, -0.2) is 8.42 Å². The van der Waals surface area contributed by atoms with Crippen LogP contribution < -0.4 is 10.6 Å². The molecule has 2 bridgehead atoms. The van der Waals surface area contributed by atoms with Crippen LogP contribution in [0.15, 0.2) is 29.2 Å². The van der Waals surface area contributed by atoms with Gasteiger partial charge in [0.1, 0.15) is 0 Å². The molecule has 0 saturated carbocycles. The number of piperidine rings is 1. The lowest BCUT2D eigenvalue weighted by Gasteiger charge is -2.34. The summed E-state index contributed by atoms with van der Waals surface area (Å²) in [5, 5.41) is 6.17. The topological polar surface area (TPSA) is 78.5 Å². The Bertz CT molecular complexity index is 681. The van der Waals surface area contributed by atoms with Gasteiger partial charge >= 0.3 is 0 Å². The zero-order valence-electron chi connectivity index (χ0n) is 13.9. The third kappa shape index (κ3) is 3.91. The van der Waals surface area contributed by atoms with E-state index in [2.05, 4.69) is 10.6 Å². The van der Waals surface area contributed by atoms with Gasteiger partial charge in [-0.3, -0.25) is 4.79 Å². The first-order valence-corrected chi connectivity index (χ1v) is 9.42. The summed E-state index contributed by atoms with van der Waals surface area (Å²) in [7, 11) is -1.84. The van der Waals surface area contributed by atoms with Gasteiger partial charge in [0, 0.05) is 37.8 Å². The fourth-order valence-corrected chi connectivity index (χ4v) is 4.98. The first kappa shape index (κ1) is 19.2. The average molecular weight is 374 g/mol. The van der Waals surface area contributed by atoms with Crippen LogP contribution in [0.3, 0.4) is 0 Å². The van der Waals surface area contributed by atoms with Crippen LogP contribution in [0.5, 0.6) is 0 Å². The molecule has 2 unspecified atom stereocenters. The molecule has 2 aliphatic rings. The number of nitrogens with zero attached hydrogens (tertiary/aromatic N) is 1. The van der Waals surface area contributed by atoms with Gasteiger partial charge in [-0.2, -0.15) is 4.31 Å². The van der Waals surface area contributed by atoms with Gasteiger partial charge in [-0.15, -0.1) is 12.4 Å². The third-order valence-electron chi connectivity index (χ3n) is 4.81. The molecule has 24 heavy (non-hydrogen) atoms. The van der Waals surface area contributed by atoms with Crippen molar-refractivity contribution in [3.05, 3.63) is 24.3 Å². The molecule has 2 saturated heterocycles. The van der Waals surface area contributed by atoms with Gasteiger partial charge in [0.15, 0.2) is 0 Å². The summed E-state index contributed by atoms with van der Waals surface area (Å²) in [5.74, 6) is -0.178. The number of rotatable bonds is 4. The fourth-order valence-electron chi connectivity index (χ4n) is 3.60. The molecule has 0 radical (unpaired) electrons. The Morgan fingerprint density at radius 2 is 1.71 bits per heavy atom. The highest BCUT2D eigenvalue weighted by Crippen LogP contribution is 2.31. The van der Waals surface area contributed by atoms with Gasteiger partial charge in [-0.1, -0.05) is 0 Å². The number of fused-ring (bicyclic) bond motifs is 2. The summed E-state index contributed by atoms with van der Waals surface area (Å²) in [5.41, 5.74) is 0.596. The molecule has 134 valence electrons. The molecule has 6 nitrogen and oxygen atoms in total. The molecular formula is C16H24ClN3O3S. The smallest absolute Gasteiger partial charge is 0.243 e. The Balaban J connectivity index is 0.00000208. The van der Waals surface area contributed by atoms with Crippen LogP contribution in [0.4, 0.5) is 5.69 Å². The van der Waals surface area contributed by atoms with Crippen molar-refractivity contribution >= 4 is 34.0 Å². The second-order valence-corrected chi connectivity index (χ2v) is 8.49. The van der Waals surface area contributed by atoms with Crippen LogP contribution in [-0.2, 0) is 14.8 Å². The summed E-state index contributed by atoms with van der Waals surface area (Å²) >= 11 is 0. The number of benzene rings is 1.